The van der Waals surface area contributed by atoms with Gasteiger partial charge >= 0.3 is 0 Å². The van der Waals surface area contributed by atoms with E-state index in [0.717, 1.165) is 35.4 Å². The Labute approximate surface area is 204 Å². The van der Waals surface area contributed by atoms with Crippen LogP contribution >= 0.6 is 0 Å². The van der Waals surface area contributed by atoms with Crippen LogP contribution in [0.4, 0.5) is 0 Å². The van der Waals surface area contributed by atoms with Crippen molar-refractivity contribution in [2.24, 2.45) is 0 Å². The Morgan fingerprint density at radius 2 is 2.00 bits per heavy atom. The number of aliphatic hydroxyl groups excluding tert-OH is 1. The molecule has 5 rings (SSSR count). The van der Waals surface area contributed by atoms with Gasteiger partial charge in [-0.05, 0) is 19.0 Å². The van der Waals surface area contributed by atoms with Crippen molar-refractivity contribution >= 4 is 19.0 Å². The molecule has 0 radical (unpaired) electrons. The van der Waals surface area contributed by atoms with E-state index < -0.39 is 6.10 Å². The van der Waals surface area contributed by atoms with Gasteiger partial charge in [0.05, 0.1) is 42.3 Å². The molecule has 10 nitrogen and oxygen atoms in total. The molecule has 0 bridgehead atoms. The summed E-state index contributed by atoms with van der Waals surface area (Å²) in [4.78, 5) is 25.8. The van der Waals surface area contributed by atoms with Crippen molar-refractivity contribution < 1.29 is 19.3 Å². The van der Waals surface area contributed by atoms with Gasteiger partial charge in [-0.3, -0.25) is 19.7 Å². The minimum atomic E-state index is -0.503. The Kier molecular flexibility index (Phi) is 6.89. The summed E-state index contributed by atoms with van der Waals surface area (Å²) in [5.41, 5.74) is 2.30. The summed E-state index contributed by atoms with van der Waals surface area (Å²) in [7, 11) is 3.60. The fraction of sp³-hybridized carbons (Fsp3) is 0.458. The molecule has 35 heavy (non-hydrogen) atoms. The Bertz CT molecular complexity index is 1250. The van der Waals surface area contributed by atoms with Gasteiger partial charge in [-0.2, -0.15) is 0 Å². The summed E-state index contributed by atoms with van der Waals surface area (Å²) in [6.45, 7) is 4.25. The number of hydrogen-bond donors (Lipinski definition) is 1. The van der Waals surface area contributed by atoms with E-state index in [-0.39, 0.29) is 11.6 Å². The van der Waals surface area contributed by atoms with Crippen LogP contribution in [-0.4, -0.2) is 89.4 Å². The number of likely N-dealkylation sites (tertiary alicyclic amines) is 1. The second kappa shape index (κ2) is 10.2. The number of hydrogen-bond acceptors (Lipinski definition) is 9. The summed E-state index contributed by atoms with van der Waals surface area (Å²) in [6.07, 6.45) is 3.67. The molecule has 2 atom stereocenters. The molecule has 5 heterocycles. The number of rotatable bonds is 7. The first-order chi connectivity index (χ1) is 17.0. The number of ether oxygens (including phenoxy) is 3. The van der Waals surface area contributed by atoms with Gasteiger partial charge in [-0.15, -0.1) is 0 Å². The highest BCUT2D eigenvalue weighted by Crippen LogP contribution is 2.30. The maximum absolute atomic E-state index is 12.6. The van der Waals surface area contributed by atoms with Crippen LogP contribution in [0.1, 0.15) is 12.1 Å². The zero-order valence-electron chi connectivity index (χ0n) is 20.1. The first-order valence-electron chi connectivity index (χ1n) is 11.9. The summed E-state index contributed by atoms with van der Waals surface area (Å²) < 4.78 is 18.2. The van der Waals surface area contributed by atoms with Gasteiger partial charge in [0.15, 0.2) is 19.5 Å². The molecule has 0 amide bonds. The van der Waals surface area contributed by atoms with E-state index in [1.54, 1.807) is 36.2 Å². The van der Waals surface area contributed by atoms with Gasteiger partial charge in [0.2, 0.25) is 0 Å². The van der Waals surface area contributed by atoms with Gasteiger partial charge in [0.1, 0.15) is 19.0 Å². The molecule has 0 spiro atoms. The van der Waals surface area contributed by atoms with Crippen LogP contribution in [0.5, 0.6) is 17.2 Å². The number of aromatic nitrogens is 3. The van der Waals surface area contributed by atoms with E-state index in [0.29, 0.717) is 50.9 Å². The molecule has 11 heteroatoms. The van der Waals surface area contributed by atoms with Crippen molar-refractivity contribution in [1.29, 1.82) is 0 Å². The zero-order valence-corrected chi connectivity index (χ0v) is 20.1. The van der Waals surface area contributed by atoms with Gasteiger partial charge in [-0.1, -0.05) is 0 Å². The first kappa shape index (κ1) is 23.6. The average Bonchev–Trinajstić information content (AvgIpc) is 2.87. The van der Waals surface area contributed by atoms with E-state index in [1.807, 2.05) is 20.1 Å². The third-order valence-corrected chi connectivity index (χ3v) is 6.78. The molecule has 1 N–H and O–H groups in total. The number of methoxy groups -OCH3 is 1. The lowest BCUT2D eigenvalue weighted by Crippen LogP contribution is -2.53. The summed E-state index contributed by atoms with van der Waals surface area (Å²) in [5, 5.41) is 10.9. The van der Waals surface area contributed by atoms with Crippen LogP contribution in [-0.2, 0) is 13.1 Å². The lowest BCUT2D eigenvalue weighted by atomic mass is 9.97. The molecule has 1 saturated heterocycles. The van der Waals surface area contributed by atoms with Crippen LogP contribution in [0, 0.1) is 0 Å². The molecule has 2 aliphatic rings. The van der Waals surface area contributed by atoms with Crippen molar-refractivity contribution in [2.75, 3.05) is 40.0 Å². The zero-order chi connectivity index (χ0) is 24.4. The quantitative estimate of drug-likeness (QED) is 0.472. The van der Waals surface area contributed by atoms with Crippen LogP contribution in [0.25, 0.3) is 11.0 Å². The average molecular weight is 479 g/mol. The Balaban J connectivity index is 1.20. The van der Waals surface area contributed by atoms with E-state index in [9.17, 15) is 9.90 Å². The minimum absolute atomic E-state index is 0.0231. The monoisotopic (exact) mass is 479 g/mol. The third-order valence-electron chi connectivity index (χ3n) is 6.78. The van der Waals surface area contributed by atoms with E-state index in [1.165, 1.54) is 0 Å². The minimum Gasteiger partial charge on any atom is -0.495 e. The van der Waals surface area contributed by atoms with Crippen LogP contribution in [0.3, 0.4) is 0 Å². The van der Waals surface area contributed by atoms with Crippen molar-refractivity contribution in [3.63, 3.8) is 0 Å². The lowest BCUT2D eigenvalue weighted by molar-refractivity contribution is 0.0112. The highest BCUT2D eigenvalue weighted by molar-refractivity contribution is 6.04. The molecule has 3 aromatic rings. The summed E-state index contributed by atoms with van der Waals surface area (Å²) in [5.74, 6) is 2.01. The van der Waals surface area contributed by atoms with Crippen molar-refractivity contribution in [2.45, 2.75) is 31.7 Å². The van der Waals surface area contributed by atoms with Crippen LogP contribution in [0.15, 0.2) is 41.5 Å². The van der Waals surface area contributed by atoms with Gasteiger partial charge in [-0.25, -0.2) is 0 Å². The number of nitrogens with zero attached hydrogens (tertiary/aromatic N) is 5. The number of β-amino-alcohol motifs (C(OH)–C–C–N with tert-alkyl or cyclic N) is 1. The molecule has 0 aliphatic carbocycles. The maximum Gasteiger partial charge on any atom is 0.251 e. The van der Waals surface area contributed by atoms with E-state index >= 15 is 0 Å². The normalized spacial score (nSPS) is 20.3. The van der Waals surface area contributed by atoms with Crippen LogP contribution < -0.4 is 19.8 Å². The van der Waals surface area contributed by atoms with E-state index in [2.05, 4.69) is 19.7 Å². The summed E-state index contributed by atoms with van der Waals surface area (Å²) >= 11 is 0. The third kappa shape index (κ3) is 5.12. The molecular weight excluding hydrogens is 449 g/mol. The molecular formula is C24H30BN5O5. The van der Waals surface area contributed by atoms with Gasteiger partial charge in [0, 0.05) is 50.4 Å². The largest absolute Gasteiger partial charge is 0.495 e. The Morgan fingerprint density at radius 3 is 2.80 bits per heavy atom. The molecule has 3 aromatic heterocycles. The summed E-state index contributed by atoms with van der Waals surface area (Å²) in [6, 6.07) is 7.05. The first-order valence-corrected chi connectivity index (χ1v) is 11.9. The highest BCUT2D eigenvalue weighted by atomic mass is 16.6. The Hall–Kier alpha value is -3.15. The standard InChI is InChI=1S/C24H30BN5O5/c1-33-17-11-20-18(27-12-17)2-3-24(32)29(20)7-6-28-5-4-19(21(31)15-28)30(25)14-16-10-22-23(13-26-16)35-9-8-34-22/h2-3,10-13,19,21,31H,4-9,14-15,25H2,1H3/t19-,21+/m0/s1. The van der Waals surface area contributed by atoms with Crippen molar-refractivity contribution in [3.05, 3.63) is 52.7 Å². The van der Waals surface area contributed by atoms with Gasteiger partial charge in [0.25, 0.3) is 5.56 Å². The number of piperidine rings is 1. The number of fused-ring (bicyclic) bond motifs is 2. The van der Waals surface area contributed by atoms with E-state index in [4.69, 9.17) is 14.2 Å². The highest BCUT2D eigenvalue weighted by Gasteiger charge is 2.30. The SMILES string of the molecule is BN(Cc1cc2c(cn1)OCCO2)[C@H]1CCN(CCn2c(=O)ccc3ncc(OC)cc32)C[C@H]1O. The van der Waals surface area contributed by atoms with Crippen molar-refractivity contribution in [1.82, 2.24) is 24.2 Å². The smallest absolute Gasteiger partial charge is 0.251 e. The number of aliphatic hydroxyl groups is 1. The molecule has 0 unspecified atom stereocenters. The Morgan fingerprint density at radius 1 is 1.17 bits per heavy atom. The predicted molar refractivity (Wildman–Crippen MR) is 133 cm³/mol. The van der Waals surface area contributed by atoms with Crippen molar-refractivity contribution in [3.8, 4) is 17.2 Å². The molecule has 184 valence electrons. The molecule has 0 aromatic carbocycles. The maximum atomic E-state index is 12.6. The van der Waals surface area contributed by atoms with Crippen LogP contribution in [0.2, 0.25) is 0 Å². The topological polar surface area (TPSA) is 102 Å². The molecule has 2 aliphatic heterocycles. The second-order valence-corrected chi connectivity index (χ2v) is 9.06. The fourth-order valence-electron chi connectivity index (χ4n) is 4.88. The van der Waals surface area contributed by atoms with Gasteiger partial charge < -0.3 is 28.7 Å². The fourth-order valence-corrected chi connectivity index (χ4v) is 4.88. The molecule has 1 fully saturated rings. The predicted octanol–water partition coefficient (Wildman–Crippen LogP) is 0.0568. The second-order valence-electron chi connectivity index (χ2n) is 9.06. The lowest BCUT2D eigenvalue weighted by Gasteiger charge is -2.40. The molecule has 0 saturated carbocycles. The number of pyridine rings is 3.